The van der Waals surface area contributed by atoms with Crippen LogP contribution in [0.3, 0.4) is 0 Å². The zero-order chi connectivity index (χ0) is 18.2. The summed E-state index contributed by atoms with van der Waals surface area (Å²) in [6.07, 6.45) is 1.45. The normalized spacial score (nSPS) is 19.9. The Morgan fingerprint density at radius 1 is 1.12 bits per heavy atom. The zero-order valence-electron chi connectivity index (χ0n) is 14.8. The lowest BCUT2D eigenvalue weighted by Gasteiger charge is -2.31. The maximum Gasteiger partial charge on any atom is 0.251 e. The number of fused-ring (bicyclic) bond motifs is 1. The molecule has 1 unspecified atom stereocenters. The molecule has 1 aromatic rings. The Balaban J connectivity index is 1.79. The average Bonchev–Trinajstić information content (AvgIpc) is 3.14. The van der Waals surface area contributed by atoms with Gasteiger partial charge in [-0.05, 0) is 48.4 Å². The van der Waals surface area contributed by atoms with Gasteiger partial charge in [0.1, 0.15) is 6.10 Å². The molecule has 138 valence electrons. The third kappa shape index (κ3) is 3.59. The highest BCUT2D eigenvalue weighted by molar-refractivity contribution is 7.89. The third-order valence-electron chi connectivity index (χ3n) is 5.09. The first-order chi connectivity index (χ1) is 11.8. The summed E-state index contributed by atoms with van der Waals surface area (Å²) in [6.45, 7) is 5.74. The monoisotopic (exact) mass is 366 g/mol. The van der Waals surface area contributed by atoms with Gasteiger partial charge in [-0.15, -0.1) is 0 Å². The fraction of sp³-hybridized carbons (Fsp3) is 0.611. The average molecular weight is 366 g/mol. The predicted molar refractivity (Wildman–Crippen MR) is 94.4 cm³/mol. The van der Waals surface area contributed by atoms with Crippen LogP contribution in [0.15, 0.2) is 23.1 Å². The van der Waals surface area contributed by atoms with Crippen molar-refractivity contribution in [2.24, 2.45) is 5.92 Å². The third-order valence-corrected chi connectivity index (χ3v) is 6.98. The quantitative estimate of drug-likeness (QED) is 0.873. The Bertz CT molecular complexity index is 754. The first kappa shape index (κ1) is 18.4. The van der Waals surface area contributed by atoms with Gasteiger partial charge in [0.25, 0.3) is 5.91 Å². The molecule has 2 aliphatic heterocycles. The van der Waals surface area contributed by atoms with Crippen LogP contribution in [0.5, 0.6) is 0 Å². The molecule has 1 fully saturated rings. The molecule has 0 aliphatic carbocycles. The van der Waals surface area contributed by atoms with E-state index in [1.54, 1.807) is 27.4 Å². The van der Waals surface area contributed by atoms with Crippen LogP contribution in [0.1, 0.15) is 37.8 Å². The van der Waals surface area contributed by atoms with Gasteiger partial charge in [-0.2, -0.15) is 4.31 Å². The summed E-state index contributed by atoms with van der Waals surface area (Å²) in [5.74, 6) is -0.378. The van der Waals surface area contributed by atoms with E-state index in [1.807, 2.05) is 13.8 Å². The summed E-state index contributed by atoms with van der Waals surface area (Å²) in [5, 5.41) is 9.99. The largest absolute Gasteiger partial charge is 0.383 e. The molecule has 7 heteroatoms. The van der Waals surface area contributed by atoms with Crippen molar-refractivity contribution >= 4 is 15.9 Å². The van der Waals surface area contributed by atoms with Crippen molar-refractivity contribution in [3.05, 3.63) is 29.3 Å². The van der Waals surface area contributed by atoms with Crippen LogP contribution in [0.2, 0.25) is 0 Å². The van der Waals surface area contributed by atoms with E-state index in [2.05, 4.69) is 0 Å². The van der Waals surface area contributed by atoms with Crippen LogP contribution in [-0.4, -0.2) is 54.4 Å². The highest BCUT2D eigenvalue weighted by Crippen LogP contribution is 2.26. The molecule has 0 bridgehead atoms. The minimum atomic E-state index is -3.41. The molecule has 2 heterocycles. The lowest BCUT2D eigenvalue weighted by Crippen LogP contribution is -2.44. The second-order valence-electron chi connectivity index (χ2n) is 7.24. The maximum absolute atomic E-state index is 12.7. The van der Waals surface area contributed by atoms with Gasteiger partial charge in [-0.25, -0.2) is 8.42 Å². The molecule has 0 saturated carbocycles. The van der Waals surface area contributed by atoms with Gasteiger partial charge in [0.15, 0.2) is 0 Å². The number of amides is 1. The molecule has 6 nitrogen and oxygen atoms in total. The molecule has 3 rings (SSSR count). The van der Waals surface area contributed by atoms with E-state index in [9.17, 15) is 18.3 Å². The lowest BCUT2D eigenvalue weighted by atomic mass is 9.98. The highest BCUT2D eigenvalue weighted by atomic mass is 32.2. The number of benzene rings is 1. The molecular weight excluding hydrogens is 340 g/mol. The number of sulfonamides is 1. The van der Waals surface area contributed by atoms with Gasteiger partial charge in [0, 0.05) is 26.2 Å². The maximum atomic E-state index is 12.7. The Hall–Kier alpha value is -1.44. The summed E-state index contributed by atoms with van der Waals surface area (Å²) in [6, 6.07) is 5.20. The van der Waals surface area contributed by atoms with Gasteiger partial charge in [-0.3, -0.25) is 4.79 Å². The van der Waals surface area contributed by atoms with Crippen LogP contribution in [-0.2, 0) is 27.8 Å². The number of aliphatic hydroxyl groups excluding tert-OH is 1. The van der Waals surface area contributed by atoms with Crippen molar-refractivity contribution in [1.82, 2.24) is 9.21 Å². The van der Waals surface area contributed by atoms with Gasteiger partial charge >= 0.3 is 0 Å². The molecular formula is C18H26N2O4S. The van der Waals surface area contributed by atoms with Gasteiger partial charge in [0.2, 0.25) is 10.0 Å². The molecule has 1 aromatic carbocycles. The smallest absolute Gasteiger partial charge is 0.251 e. The summed E-state index contributed by atoms with van der Waals surface area (Å²) >= 11 is 0. The number of carbonyl (C=O) groups excluding carboxylic acids is 1. The first-order valence-electron chi connectivity index (χ1n) is 8.89. The van der Waals surface area contributed by atoms with Crippen LogP contribution in [0.25, 0.3) is 0 Å². The van der Waals surface area contributed by atoms with Gasteiger partial charge in [-0.1, -0.05) is 19.9 Å². The number of hydrogen-bond donors (Lipinski definition) is 1. The molecule has 1 amide bonds. The standard InChI is InChI=1S/C18H26N2O4S/c1-13(2)17(21)18(22)19-10-7-14-11-16(6-5-15(14)12-19)25(23,24)20-8-3-4-9-20/h5-6,11,13,17,21H,3-4,7-10,12H2,1-2H3. The topological polar surface area (TPSA) is 77.9 Å². The van der Waals surface area contributed by atoms with Gasteiger partial charge in [0.05, 0.1) is 4.90 Å². The number of nitrogens with zero attached hydrogens (tertiary/aromatic N) is 2. The first-order valence-corrected chi connectivity index (χ1v) is 10.3. The molecule has 1 N–H and O–H groups in total. The Kier molecular flexibility index (Phi) is 5.18. The van der Waals surface area contributed by atoms with Crippen LogP contribution in [0.4, 0.5) is 0 Å². The van der Waals surface area contributed by atoms with Crippen molar-refractivity contribution in [1.29, 1.82) is 0 Å². The Morgan fingerprint density at radius 3 is 2.44 bits per heavy atom. The summed E-state index contributed by atoms with van der Waals surface area (Å²) < 4.78 is 26.9. The predicted octanol–water partition coefficient (Wildman–Crippen LogP) is 1.37. The Morgan fingerprint density at radius 2 is 1.80 bits per heavy atom. The highest BCUT2D eigenvalue weighted by Gasteiger charge is 2.30. The second kappa shape index (κ2) is 7.05. The molecule has 1 saturated heterocycles. The van der Waals surface area contributed by atoms with E-state index >= 15 is 0 Å². The molecule has 1 atom stereocenters. The van der Waals surface area contributed by atoms with Crippen LogP contribution < -0.4 is 0 Å². The summed E-state index contributed by atoms with van der Waals surface area (Å²) in [4.78, 5) is 14.3. The minimum absolute atomic E-state index is 0.123. The van der Waals surface area contributed by atoms with E-state index < -0.39 is 16.1 Å². The SMILES string of the molecule is CC(C)C(O)C(=O)N1CCc2cc(S(=O)(=O)N3CCCC3)ccc2C1. The van der Waals surface area contributed by atoms with E-state index in [4.69, 9.17) is 0 Å². The zero-order valence-corrected chi connectivity index (χ0v) is 15.6. The number of rotatable bonds is 4. The lowest BCUT2D eigenvalue weighted by molar-refractivity contribution is -0.143. The minimum Gasteiger partial charge on any atom is -0.383 e. The number of aliphatic hydroxyl groups is 1. The number of hydrogen-bond acceptors (Lipinski definition) is 4. The molecule has 0 radical (unpaired) electrons. The molecule has 0 aromatic heterocycles. The van der Waals surface area contributed by atoms with Crippen LogP contribution in [0, 0.1) is 5.92 Å². The van der Waals surface area contributed by atoms with E-state index in [0.29, 0.717) is 37.5 Å². The molecule has 25 heavy (non-hydrogen) atoms. The van der Waals surface area contributed by atoms with Crippen LogP contribution >= 0.6 is 0 Å². The summed E-state index contributed by atoms with van der Waals surface area (Å²) in [7, 11) is -3.41. The van der Waals surface area contributed by atoms with E-state index in [-0.39, 0.29) is 11.8 Å². The molecule has 2 aliphatic rings. The van der Waals surface area contributed by atoms with E-state index in [0.717, 1.165) is 24.0 Å². The van der Waals surface area contributed by atoms with Crippen molar-refractivity contribution < 1.29 is 18.3 Å². The number of carbonyl (C=O) groups is 1. The summed E-state index contributed by atoms with van der Waals surface area (Å²) in [5.41, 5.74) is 1.93. The van der Waals surface area contributed by atoms with Crippen molar-refractivity contribution in [3.8, 4) is 0 Å². The molecule has 0 spiro atoms. The fourth-order valence-corrected chi connectivity index (χ4v) is 5.00. The van der Waals surface area contributed by atoms with Crippen molar-refractivity contribution in [2.75, 3.05) is 19.6 Å². The van der Waals surface area contributed by atoms with Crippen molar-refractivity contribution in [3.63, 3.8) is 0 Å². The van der Waals surface area contributed by atoms with E-state index in [1.165, 1.54) is 0 Å². The van der Waals surface area contributed by atoms with Crippen molar-refractivity contribution in [2.45, 2.75) is 50.7 Å². The Labute approximate surface area is 149 Å². The second-order valence-corrected chi connectivity index (χ2v) is 9.18. The fourth-order valence-electron chi connectivity index (χ4n) is 3.43. The van der Waals surface area contributed by atoms with Gasteiger partial charge < -0.3 is 10.0 Å².